The number of nitrogens with zero attached hydrogens (tertiary/aromatic N) is 1. The van der Waals surface area contributed by atoms with Gasteiger partial charge in [0.15, 0.2) is 11.5 Å². The molecular formula is C22H26N2O5. The van der Waals surface area contributed by atoms with Crippen molar-refractivity contribution in [3.05, 3.63) is 54.1 Å². The summed E-state index contributed by atoms with van der Waals surface area (Å²) in [6, 6.07) is 12.4. The first kappa shape index (κ1) is 21.8. The van der Waals surface area contributed by atoms with E-state index in [0.29, 0.717) is 29.5 Å². The maximum Gasteiger partial charge on any atom is 0.246 e. The molecule has 2 aromatic carbocycles. The molecule has 7 heteroatoms. The number of ether oxygens (including phenoxy) is 3. The number of carbonyl (C=O) groups is 2. The van der Waals surface area contributed by atoms with Crippen molar-refractivity contribution in [2.75, 3.05) is 39.7 Å². The van der Waals surface area contributed by atoms with Crippen LogP contribution in [-0.2, 0) is 9.59 Å². The van der Waals surface area contributed by atoms with E-state index in [4.69, 9.17) is 14.2 Å². The van der Waals surface area contributed by atoms with Gasteiger partial charge in [-0.1, -0.05) is 12.1 Å². The highest BCUT2D eigenvalue weighted by molar-refractivity contribution is 5.98. The number of rotatable bonds is 9. The van der Waals surface area contributed by atoms with Crippen LogP contribution in [-0.4, -0.2) is 51.1 Å². The number of benzene rings is 2. The summed E-state index contributed by atoms with van der Waals surface area (Å²) < 4.78 is 15.9. The highest BCUT2D eigenvalue weighted by atomic mass is 16.5. The number of hydrogen-bond donors (Lipinski definition) is 1. The minimum Gasteiger partial charge on any atom is -0.497 e. The van der Waals surface area contributed by atoms with Crippen LogP contribution in [0.25, 0.3) is 6.08 Å². The first-order valence-corrected chi connectivity index (χ1v) is 9.14. The van der Waals surface area contributed by atoms with Crippen LogP contribution in [0, 0.1) is 0 Å². The fourth-order valence-corrected chi connectivity index (χ4v) is 2.55. The molecule has 0 unspecified atom stereocenters. The SMILES string of the molecule is CCOc1ccc(/C=C/C(=O)N(C)CC(=O)Nc2cccc(OC)c2)cc1OC. The Kier molecular flexibility index (Phi) is 8.09. The molecule has 0 fully saturated rings. The van der Waals surface area contributed by atoms with E-state index >= 15 is 0 Å². The van der Waals surface area contributed by atoms with E-state index in [1.54, 1.807) is 63.7 Å². The molecule has 0 aliphatic heterocycles. The summed E-state index contributed by atoms with van der Waals surface area (Å²) in [7, 11) is 4.68. The van der Waals surface area contributed by atoms with Crippen molar-refractivity contribution in [1.29, 1.82) is 0 Å². The third-order valence-corrected chi connectivity index (χ3v) is 4.02. The van der Waals surface area contributed by atoms with Crippen molar-refractivity contribution in [2.24, 2.45) is 0 Å². The Morgan fingerprint density at radius 1 is 1.07 bits per heavy atom. The predicted octanol–water partition coefficient (Wildman–Crippen LogP) is 3.21. The van der Waals surface area contributed by atoms with Gasteiger partial charge in [0.1, 0.15) is 5.75 Å². The number of amides is 2. The summed E-state index contributed by atoms with van der Waals surface area (Å²) in [6.45, 7) is 2.35. The molecule has 0 aromatic heterocycles. The molecule has 2 rings (SSSR count). The van der Waals surface area contributed by atoms with Crippen LogP contribution < -0.4 is 19.5 Å². The van der Waals surface area contributed by atoms with Gasteiger partial charge in [-0.3, -0.25) is 9.59 Å². The largest absolute Gasteiger partial charge is 0.497 e. The fourth-order valence-electron chi connectivity index (χ4n) is 2.55. The molecule has 0 aliphatic carbocycles. The summed E-state index contributed by atoms with van der Waals surface area (Å²) in [4.78, 5) is 25.8. The van der Waals surface area contributed by atoms with Crippen molar-refractivity contribution in [1.82, 2.24) is 4.90 Å². The molecule has 0 heterocycles. The fraction of sp³-hybridized carbons (Fsp3) is 0.273. The van der Waals surface area contributed by atoms with Crippen LogP contribution in [0.5, 0.6) is 17.2 Å². The number of carbonyl (C=O) groups excluding carboxylic acids is 2. The second kappa shape index (κ2) is 10.8. The minimum atomic E-state index is -0.301. The van der Waals surface area contributed by atoms with Gasteiger partial charge in [-0.2, -0.15) is 0 Å². The van der Waals surface area contributed by atoms with E-state index in [2.05, 4.69) is 5.32 Å². The molecule has 0 atom stereocenters. The van der Waals surface area contributed by atoms with Gasteiger partial charge in [-0.25, -0.2) is 0 Å². The third kappa shape index (κ3) is 6.57. The molecule has 0 saturated heterocycles. The van der Waals surface area contributed by atoms with E-state index in [-0.39, 0.29) is 18.4 Å². The van der Waals surface area contributed by atoms with Gasteiger partial charge in [0.2, 0.25) is 11.8 Å². The van der Waals surface area contributed by atoms with E-state index in [1.807, 2.05) is 13.0 Å². The van der Waals surface area contributed by atoms with Crippen LogP contribution in [0.1, 0.15) is 12.5 Å². The van der Waals surface area contributed by atoms with Gasteiger partial charge >= 0.3 is 0 Å². The first-order valence-electron chi connectivity index (χ1n) is 9.14. The monoisotopic (exact) mass is 398 g/mol. The summed E-state index contributed by atoms with van der Waals surface area (Å²) >= 11 is 0. The van der Waals surface area contributed by atoms with Crippen molar-refractivity contribution in [3.8, 4) is 17.2 Å². The average molecular weight is 398 g/mol. The highest BCUT2D eigenvalue weighted by Gasteiger charge is 2.11. The average Bonchev–Trinajstić information content (AvgIpc) is 2.72. The normalized spacial score (nSPS) is 10.5. The number of nitrogens with one attached hydrogen (secondary N) is 1. The van der Waals surface area contributed by atoms with Crippen LogP contribution in [0.15, 0.2) is 48.5 Å². The van der Waals surface area contributed by atoms with E-state index < -0.39 is 0 Å². The molecule has 2 amide bonds. The lowest BCUT2D eigenvalue weighted by molar-refractivity contribution is -0.129. The molecule has 1 N–H and O–H groups in total. The number of anilines is 1. The quantitative estimate of drug-likeness (QED) is 0.657. The highest BCUT2D eigenvalue weighted by Crippen LogP contribution is 2.28. The molecular weight excluding hydrogens is 372 g/mol. The lowest BCUT2D eigenvalue weighted by Gasteiger charge is -2.15. The Labute approximate surface area is 170 Å². The molecule has 29 heavy (non-hydrogen) atoms. The second-order valence-electron chi connectivity index (χ2n) is 6.15. The van der Waals surface area contributed by atoms with Crippen molar-refractivity contribution in [2.45, 2.75) is 6.92 Å². The van der Waals surface area contributed by atoms with Gasteiger partial charge in [0, 0.05) is 24.9 Å². The lowest BCUT2D eigenvalue weighted by Crippen LogP contribution is -2.33. The molecule has 0 radical (unpaired) electrons. The second-order valence-corrected chi connectivity index (χ2v) is 6.15. The molecule has 7 nitrogen and oxygen atoms in total. The van der Waals surface area contributed by atoms with E-state index in [1.165, 1.54) is 11.0 Å². The number of likely N-dealkylation sites (N-methyl/N-ethyl adjacent to an activating group) is 1. The molecule has 0 saturated carbocycles. The molecule has 0 spiro atoms. The lowest BCUT2D eigenvalue weighted by atomic mass is 10.2. The standard InChI is InChI=1S/C22H26N2O5/c1-5-29-19-11-9-16(13-20(19)28-4)10-12-22(26)24(2)15-21(25)23-17-7-6-8-18(14-17)27-3/h6-14H,5,15H2,1-4H3,(H,23,25)/b12-10+. The Morgan fingerprint density at radius 2 is 1.86 bits per heavy atom. The Morgan fingerprint density at radius 3 is 2.55 bits per heavy atom. The number of hydrogen-bond acceptors (Lipinski definition) is 5. The van der Waals surface area contributed by atoms with E-state index in [0.717, 1.165) is 5.56 Å². The topological polar surface area (TPSA) is 77.1 Å². The van der Waals surface area contributed by atoms with Gasteiger partial charge in [-0.15, -0.1) is 0 Å². The number of methoxy groups -OCH3 is 2. The summed E-state index contributed by atoms with van der Waals surface area (Å²) in [6.07, 6.45) is 3.07. The Hall–Kier alpha value is -3.48. The summed E-state index contributed by atoms with van der Waals surface area (Å²) in [5.41, 5.74) is 1.39. The van der Waals surface area contributed by atoms with Gasteiger partial charge in [0.25, 0.3) is 0 Å². The van der Waals surface area contributed by atoms with Gasteiger partial charge in [-0.05, 0) is 42.8 Å². The summed E-state index contributed by atoms with van der Waals surface area (Å²) in [5.74, 6) is 1.28. The van der Waals surface area contributed by atoms with Crippen molar-refractivity contribution < 1.29 is 23.8 Å². The van der Waals surface area contributed by atoms with Crippen molar-refractivity contribution >= 4 is 23.6 Å². The van der Waals surface area contributed by atoms with Crippen LogP contribution in [0.4, 0.5) is 5.69 Å². The van der Waals surface area contributed by atoms with Crippen LogP contribution in [0.3, 0.4) is 0 Å². The molecule has 0 aliphatic rings. The third-order valence-electron chi connectivity index (χ3n) is 4.02. The maximum atomic E-state index is 12.3. The zero-order chi connectivity index (χ0) is 21.2. The van der Waals surface area contributed by atoms with Crippen LogP contribution in [0.2, 0.25) is 0 Å². The summed E-state index contributed by atoms with van der Waals surface area (Å²) in [5, 5.41) is 2.74. The Bertz CT molecular complexity index is 879. The zero-order valence-corrected chi connectivity index (χ0v) is 17.1. The van der Waals surface area contributed by atoms with Gasteiger partial charge < -0.3 is 24.4 Å². The van der Waals surface area contributed by atoms with E-state index in [9.17, 15) is 9.59 Å². The zero-order valence-electron chi connectivity index (χ0n) is 17.1. The van der Waals surface area contributed by atoms with Gasteiger partial charge in [0.05, 0.1) is 27.4 Å². The molecule has 0 bridgehead atoms. The smallest absolute Gasteiger partial charge is 0.246 e. The van der Waals surface area contributed by atoms with Crippen LogP contribution >= 0.6 is 0 Å². The first-order chi connectivity index (χ1) is 14.0. The van der Waals surface area contributed by atoms with Crippen molar-refractivity contribution in [3.63, 3.8) is 0 Å². The molecule has 2 aromatic rings. The molecule has 154 valence electrons. The Balaban J connectivity index is 1.94. The minimum absolute atomic E-state index is 0.0764. The predicted molar refractivity (Wildman–Crippen MR) is 112 cm³/mol. The maximum absolute atomic E-state index is 12.3.